The Morgan fingerprint density at radius 1 is 1.35 bits per heavy atom. The van der Waals surface area contributed by atoms with Gasteiger partial charge in [0, 0.05) is 29.7 Å². The Bertz CT molecular complexity index is 756. The smallest absolute Gasteiger partial charge is 0.259 e. The number of nitrogens with zero attached hydrogens (tertiary/aromatic N) is 2. The first-order chi connectivity index (χ1) is 12.7. The van der Waals surface area contributed by atoms with E-state index < -0.39 is 0 Å². The van der Waals surface area contributed by atoms with Gasteiger partial charge in [0.2, 0.25) is 0 Å². The Balaban J connectivity index is 1.44. The van der Waals surface area contributed by atoms with Crippen molar-refractivity contribution in [2.45, 2.75) is 0 Å². The molecule has 138 valence electrons. The van der Waals surface area contributed by atoms with Gasteiger partial charge in [-0.25, -0.2) is 5.43 Å². The number of ether oxygens (including phenoxy) is 2. The molecule has 1 aromatic heterocycles. The van der Waals surface area contributed by atoms with Crippen LogP contribution in [0.4, 0.5) is 10.7 Å². The van der Waals surface area contributed by atoms with E-state index in [1.807, 2.05) is 30.3 Å². The van der Waals surface area contributed by atoms with E-state index in [-0.39, 0.29) is 12.5 Å². The lowest BCUT2D eigenvalue weighted by molar-refractivity contribution is -0.119. The molecule has 2 N–H and O–H groups in total. The van der Waals surface area contributed by atoms with Gasteiger partial charge in [-0.05, 0) is 24.3 Å². The molecule has 2 heterocycles. The molecule has 3 rings (SSSR count). The molecule has 0 bridgehead atoms. The second kappa shape index (κ2) is 9.21. The van der Waals surface area contributed by atoms with Crippen LogP contribution in [0.3, 0.4) is 0 Å². The molecular weight excluding hydrogens is 352 g/mol. The van der Waals surface area contributed by atoms with Crippen molar-refractivity contribution in [3.05, 3.63) is 41.3 Å². The zero-order valence-corrected chi connectivity index (χ0v) is 15.4. The lowest BCUT2D eigenvalue weighted by Gasteiger charge is -2.27. The van der Waals surface area contributed by atoms with Crippen LogP contribution < -0.4 is 20.4 Å². The van der Waals surface area contributed by atoms with E-state index in [9.17, 15) is 4.79 Å². The third-order valence-electron chi connectivity index (χ3n) is 3.84. The van der Waals surface area contributed by atoms with E-state index in [1.54, 1.807) is 24.7 Å². The van der Waals surface area contributed by atoms with E-state index >= 15 is 0 Å². The lowest BCUT2D eigenvalue weighted by Crippen LogP contribution is -2.35. The molecule has 26 heavy (non-hydrogen) atoms. The minimum Gasteiger partial charge on any atom is -0.497 e. The van der Waals surface area contributed by atoms with Crippen molar-refractivity contribution in [1.82, 2.24) is 5.43 Å². The van der Waals surface area contributed by atoms with Crippen LogP contribution >= 0.6 is 11.3 Å². The topological polar surface area (TPSA) is 75.2 Å². The van der Waals surface area contributed by atoms with Gasteiger partial charge < -0.3 is 19.7 Å². The van der Waals surface area contributed by atoms with Crippen LogP contribution in [0.5, 0.6) is 5.75 Å². The molecule has 0 atom stereocenters. The number of hydrogen-bond acceptors (Lipinski definition) is 7. The van der Waals surface area contributed by atoms with Gasteiger partial charge in [0.05, 0.1) is 38.1 Å². The molecule has 0 aliphatic carbocycles. The van der Waals surface area contributed by atoms with Gasteiger partial charge in [0.15, 0.2) is 0 Å². The van der Waals surface area contributed by atoms with Crippen molar-refractivity contribution in [1.29, 1.82) is 0 Å². The largest absolute Gasteiger partial charge is 0.497 e. The molecule has 1 aliphatic rings. The lowest BCUT2D eigenvalue weighted by atomic mass is 10.3. The van der Waals surface area contributed by atoms with Crippen LogP contribution in [0.2, 0.25) is 0 Å². The van der Waals surface area contributed by atoms with Crippen LogP contribution in [-0.4, -0.2) is 52.1 Å². The van der Waals surface area contributed by atoms with Crippen molar-refractivity contribution in [2.24, 2.45) is 5.10 Å². The number of thiophene rings is 1. The SMILES string of the molecule is COc1cccc(NCC(=O)N/N=C\c2ccc(N3CCOCC3)s2)c1. The normalized spacial score (nSPS) is 14.4. The van der Waals surface area contributed by atoms with Gasteiger partial charge in [-0.15, -0.1) is 11.3 Å². The Kier molecular flexibility index (Phi) is 6.45. The second-order valence-electron chi connectivity index (χ2n) is 5.65. The van der Waals surface area contributed by atoms with Crippen LogP contribution in [0.1, 0.15) is 4.88 Å². The van der Waals surface area contributed by atoms with Crippen LogP contribution in [0.15, 0.2) is 41.5 Å². The first-order valence-electron chi connectivity index (χ1n) is 8.37. The number of hydrazone groups is 1. The predicted molar refractivity (Wildman–Crippen MR) is 105 cm³/mol. The molecule has 0 radical (unpaired) electrons. The Morgan fingerprint density at radius 2 is 2.19 bits per heavy atom. The molecule has 0 spiro atoms. The van der Waals surface area contributed by atoms with Gasteiger partial charge in [0.25, 0.3) is 5.91 Å². The molecule has 0 saturated carbocycles. The van der Waals surface area contributed by atoms with Gasteiger partial charge in [-0.3, -0.25) is 4.79 Å². The van der Waals surface area contributed by atoms with Crippen LogP contribution in [0, 0.1) is 0 Å². The fraction of sp³-hybridized carbons (Fsp3) is 0.333. The maximum Gasteiger partial charge on any atom is 0.259 e. The number of amides is 1. The third kappa shape index (κ3) is 5.21. The van der Waals surface area contributed by atoms with E-state index in [4.69, 9.17) is 9.47 Å². The summed E-state index contributed by atoms with van der Waals surface area (Å²) in [7, 11) is 1.61. The number of carbonyl (C=O) groups is 1. The monoisotopic (exact) mass is 374 g/mol. The van der Waals surface area contributed by atoms with Crippen molar-refractivity contribution in [2.75, 3.05) is 50.2 Å². The number of methoxy groups -OCH3 is 1. The molecule has 1 aromatic carbocycles. The summed E-state index contributed by atoms with van der Waals surface area (Å²) in [6.45, 7) is 3.47. The van der Waals surface area contributed by atoms with Crippen molar-refractivity contribution >= 4 is 34.1 Å². The zero-order valence-electron chi connectivity index (χ0n) is 14.6. The van der Waals surface area contributed by atoms with Gasteiger partial charge in [-0.1, -0.05) is 6.07 Å². The summed E-state index contributed by atoms with van der Waals surface area (Å²) in [5.41, 5.74) is 3.35. The molecule has 1 aliphatic heterocycles. The quantitative estimate of drug-likeness (QED) is 0.574. The molecule has 8 heteroatoms. The maximum absolute atomic E-state index is 11.9. The average Bonchev–Trinajstić information content (AvgIpc) is 3.16. The van der Waals surface area contributed by atoms with Gasteiger partial charge in [0.1, 0.15) is 5.75 Å². The van der Waals surface area contributed by atoms with E-state index in [1.165, 1.54) is 5.00 Å². The van der Waals surface area contributed by atoms with Crippen molar-refractivity contribution < 1.29 is 14.3 Å². The molecule has 7 nitrogen and oxygen atoms in total. The van der Waals surface area contributed by atoms with E-state index in [0.717, 1.165) is 42.6 Å². The number of hydrogen-bond donors (Lipinski definition) is 2. The predicted octanol–water partition coefficient (Wildman–Crippen LogP) is 2.16. The third-order valence-corrected chi connectivity index (χ3v) is 4.92. The Hall–Kier alpha value is -2.58. The highest BCUT2D eigenvalue weighted by atomic mass is 32.1. The molecule has 2 aromatic rings. The average molecular weight is 374 g/mol. The minimum atomic E-state index is -0.214. The molecule has 1 fully saturated rings. The summed E-state index contributed by atoms with van der Waals surface area (Å²) in [4.78, 5) is 15.2. The van der Waals surface area contributed by atoms with Gasteiger partial charge in [-0.2, -0.15) is 5.10 Å². The van der Waals surface area contributed by atoms with E-state index in [2.05, 4.69) is 26.8 Å². The van der Waals surface area contributed by atoms with Gasteiger partial charge >= 0.3 is 0 Å². The Labute approximate surface area is 156 Å². The Morgan fingerprint density at radius 3 is 3.00 bits per heavy atom. The van der Waals surface area contributed by atoms with Crippen LogP contribution in [-0.2, 0) is 9.53 Å². The highest BCUT2D eigenvalue weighted by Crippen LogP contribution is 2.25. The highest BCUT2D eigenvalue weighted by Gasteiger charge is 2.12. The first kappa shape index (κ1) is 18.2. The number of rotatable bonds is 7. The summed E-state index contributed by atoms with van der Waals surface area (Å²) in [5, 5.41) is 8.25. The second-order valence-corrected chi connectivity index (χ2v) is 6.75. The number of anilines is 2. The summed E-state index contributed by atoms with van der Waals surface area (Å²) in [6.07, 6.45) is 1.66. The number of carbonyl (C=O) groups excluding carboxylic acids is 1. The number of morpholine rings is 1. The number of benzene rings is 1. The number of nitrogens with one attached hydrogen (secondary N) is 2. The van der Waals surface area contributed by atoms with Crippen LogP contribution in [0.25, 0.3) is 0 Å². The first-order valence-corrected chi connectivity index (χ1v) is 9.18. The minimum absolute atomic E-state index is 0.133. The standard InChI is InChI=1S/C18H22N4O3S/c1-24-15-4-2-3-14(11-15)19-13-17(23)21-20-12-16-5-6-18(26-16)22-7-9-25-10-8-22/h2-6,11-12,19H,7-10,13H2,1H3,(H,21,23)/b20-12-. The highest BCUT2D eigenvalue weighted by molar-refractivity contribution is 7.17. The fourth-order valence-electron chi connectivity index (χ4n) is 2.49. The molecule has 1 amide bonds. The van der Waals surface area contributed by atoms with Crippen molar-refractivity contribution in [3.63, 3.8) is 0 Å². The van der Waals surface area contributed by atoms with Crippen molar-refractivity contribution in [3.8, 4) is 5.75 Å². The van der Waals surface area contributed by atoms with E-state index in [0.29, 0.717) is 0 Å². The zero-order chi connectivity index (χ0) is 18.2. The maximum atomic E-state index is 11.9. The summed E-state index contributed by atoms with van der Waals surface area (Å²) < 4.78 is 10.5. The summed E-state index contributed by atoms with van der Waals surface area (Å²) in [5.74, 6) is 0.524. The fourth-order valence-corrected chi connectivity index (χ4v) is 3.42. The summed E-state index contributed by atoms with van der Waals surface area (Å²) >= 11 is 1.65. The molecular formula is C18H22N4O3S. The summed E-state index contributed by atoms with van der Waals surface area (Å²) in [6, 6.07) is 11.5. The molecule has 1 saturated heterocycles. The molecule has 0 unspecified atom stereocenters.